The Hall–Kier alpha value is -2.45. The molecule has 2 aromatic rings. The van der Waals surface area contributed by atoms with Crippen molar-refractivity contribution in [1.82, 2.24) is 19.7 Å². The molecule has 0 saturated carbocycles. The van der Waals surface area contributed by atoms with Crippen LogP contribution < -0.4 is 10.1 Å². The number of morpholine rings is 1. The summed E-state index contributed by atoms with van der Waals surface area (Å²) in [5.41, 5.74) is 0.751. The van der Waals surface area contributed by atoms with E-state index in [1.165, 1.54) is 6.33 Å². The van der Waals surface area contributed by atoms with Gasteiger partial charge in [0.25, 0.3) is 0 Å². The quantitative estimate of drug-likeness (QED) is 0.764. The van der Waals surface area contributed by atoms with Crippen molar-refractivity contribution in [3.05, 3.63) is 36.9 Å². The number of nitrogens with one attached hydrogen (secondary N) is 1. The number of ether oxygens (including phenoxy) is 2. The summed E-state index contributed by atoms with van der Waals surface area (Å²) >= 11 is 0. The smallest absolute Gasteiger partial charge is 0.229 e. The van der Waals surface area contributed by atoms with Crippen molar-refractivity contribution < 1.29 is 14.3 Å². The first-order valence-electron chi connectivity index (χ1n) is 8.87. The zero-order valence-corrected chi connectivity index (χ0v) is 15.0. The lowest BCUT2D eigenvalue weighted by Gasteiger charge is -2.26. The highest BCUT2D eigenvalue weighted by Gasteiger charge is 2.14. The van der Waals surface area contributed by atoms with Gasteiger partial charge in [0, 0.05) is 25.3 Å². The second kappa shape index (κ2) is 9.30. The van der Waals surface area contributed by atoms with Crippen LogP contribution in [-0.4, -0.2) is 65.0 Å². The average molecular weight is 359 g/mol. The van der Waals surface area contributed by atoms with Gasteiger partial charge in [-0.3, -0.25) is 14.4 Å². The van der Waals surface area contributed by atoms with Crippen LogP contribution in [0.1, 0.15) is 6.92 Å². The summed E-state index contributed by atoms with van der Waals surface area (Å²) < 4.78 is 12.8. The molecule has 2 heterocycles. The van der Waals surface area contributed by atoms with Crippen LogP contribution in [0.5, 0.6) is 5.75 Å². The number of carbonyl (C=O) groups excluding carboxylic acids is 1. The standard InChI is InChI=1S/C18H25N5O3/c1-15(12-23-14-19-13-20-23)18(24)21-16-2-4-17(5-3-16)26-11-8-22-6-9-25-10-7-22/h2-5,13-15H,6-12H2,1H3,(H,21,24)/t15-/m0/s1. The molecule has 1 saturated heterocycles. The minimum atomic E-state index is -0.207. The fraction of sp³-hybridized carbons (Fsp3) is 0.500. The second-order valence-electron chi connectivity index (χ2n) is 6.33. The highest BCUT2D eigenvalue weighted by Crippen LogP contribution is 2.16. The van der Waals surface area contributed by atoms with Crippen LogP contribution in [0, 0.1) is 5.92 Å². The summed E-state index contributed by atoms with van der Waals surface area (Å²) in [5, 5.41) is 6.93. The second-order valence-corrected chi connectivity index (χ2v) is 6.33. The van der Waals surface area contributed by atoms with Gasteiger partial charge in [0.15, 0.2) is 0 Å². The predicted octanol–water partition coefficient (Wildman–Crippen LogP) is 1.26. The maximum atomic E-state index is 12.3. The van der Waals surface area contributed by atoms with Crippen molar-refractivity contribution in [3.8, 4) is 5.75 Å². The zero-order valence-electron chi connectivity index (χ0n) is 15.0. The Kier molecular flexibility index (Phi) is 6.56. The van der Waals surface area contributed by atoms with Crippen LogP contribution in [0.4, 0.5) is 5.69 Å². The Morgan fingerprint density at radius 1 is 1.31 bits per heavy atom. The molecule has 1 N–H and O–H groups in total. The van der Waals surface area contributed by atoms with Crippen molar-refractivity contribution in [2.75, 3.05) is 44.8 Å². The summed E-state index contributed by atoms with van der Waals surface area (Å²) in [6.07, 6.45) is 3.06. The molecule has 0 aliphatic carbocycles. The van der Waals surface area contributed by atoms with Gasteiger partial charge in [-0.1, -0.05) is 6.92 Å². The molecule has 1 aromatic carbocycles. The number of rotatable bonds is 8. The van der Waals surface area contributed by atoms with Gasteiger partial charge in [-0.2, -0.15) is 5.10 Å². The molecule has 8 heteroatoms. The molecule has 1 amide bonds. The first-order valence-corrected chi connectivity index (χ1v) is 8.87. The molecule has 0 unspecified atom stereocenters. The van der Waals surface area contributed by atoms with E-state index < -0.39 is 0 Å². The summed E-state index contributed by atoms with van der Waals surface area (Å²) in [5.74, 6) is 0.537. The molecule has 0 radical (unpaired) electrons. The molecule has 1 aliphatic heterocycles. The van der Waals surface area contributed by atoms with Crippen LogP contribution in [-0.2, 0) is 16.1 Å². The number of hydrogen-bond donors (Lipinski definition) is 1. The van der Waals surface area contributed by atoms with E-state index >= 15 is 0 Å². The van der Waals surface area contributed by atoms with E-state index in [0.29, 0.717) is 13.2 Å². The molecular formula is C18H25N5O3. The number of aromatic nitrogens is 3. The van der Waals surface area contributed by atoms with Gasteiger partial charge in [-0.05, 0) is 24.3 Å². The topological polar surface area (TPSA) is 81.5 Å². The zero-order chi connectivity index (χ0) is 18.2. The fourth-order valence-electron chi connectivity index (χ4n) is 2.71. The molecule has 8 nitrogen and oxygen atoms in total. The van der Waals surface area contributed by atoms with Crippen LogP contribution in [0.25, 0.3) is 0 Å². The lowest BCUT2D eigenvalue weighted by Crippen LogP contribution is -2.38. The monoisotopic (exact) mass is 359 g/mol. The maximum absolute atomic E-state index is 12.3. The van der Waals surface area contributed by atoms with Crippen molar-refractivity contribution in [1.29, 1.82) is 0 Å². The number of anilines is 1. The Bertz CT molecular complexity index is 669. The number of nitrogens with zero attached hydrogens (tertiary/aromatic N) is 4. The minimum Gasteiger partial charge on any atom is -0.492 e. The summed E-state index contributed by atoms with van der Waals surface area (Å²) in [6, 6.07) is 7.45. The predicted molar refractivity (Wildman–Crippen MR) is 97.0 cm³/mol. The van der Waals surface area contributed by atoms with Gasteiger partial charge in [-0.25, -0.2) is 4.98 Å². The molecule has 1 aromatic heterocycles. The van der Waals surface area contributed by atoms with Crippen molar-refractivity contribution in [3.63, 3.8) is 0 Å². The molecule has 1 fully saturated rings. The van der Waals surface area contributed by atoms with Crippen molar-refractivity contribution in [2.45, 2.75) is 13.5 Å². The van der Waals surface area contributed by atoms with Gasteiger partial charge in [0.05, 0.1) is 25.7 Å². The van der Waals surface area contributed by atoms with E-state index in [1.807, 2.05) is 31.2 Å². The summed E-state index contributed by atoms with van der Waals surface area (Å²) in [4.78, 5) is 18.5. The van der Waals surface area contributed by atoms with Gasteiger partial charge in [0.2, 0.25) is 5.91 Å². The van der Waals surface area contributed by atoms with Crippen LogP contribution >= 0.6 is 0 Å². The Morgan fingerprint density at radius 2 is 2.08 bits per heavy atom. The summed E-state index contributed by atoms with van der Waals surface area (Å²) in [6.45, 7) is 7.40. The molecular weight excluding hydrogens is 334 g/mol. The third-order valence-electron chi connectivity index (χ3n) is 4.28. The maximum Gasteiger partial charge on any atom is 0.229 e. The fourth-order valence-corrected chi connectivity index (χ4v) is 2.71. The number of hydrogen-bond acceptors (Lipinski definition) is 6. The molecule has 26 heavy (non-hydrogen) atoms. The van der Waals surface area contributed by atoms with E-state index in [-0.39, 0.29) is 11.8 Å². The molecule has 0 spiro atoms. The highest BCUT2D eigenvalue weighted by molar-refractivity contribution is 5.92. The number of amides is 1. The highest BCUT2D eigenvalue weighted by atomic mass is 16.5. The molecule has 0 bridgehead atoms. The Morgan fingerprint density at radius 3 is 2.77 bits per heavy atom. The molecule has 1 aliphatic rings. The number of carbonyl (C=O) groups is 1. The van der Waals surface area contributed by atoms with E-state index in [9.17, 15) is 4.79 Å². The molecule has 1 atom stereocenters. The van der Waals surface area contributed by atoms with Gasteiger partial charge >= 0.3 is 0 Å². The van der Waals surface area contributed by atoms with E-state index in [2.05, 4.69) is 20.3 Å². The number of benzene rings is 1. The van der Waals surface area contributed by atoms with E-state index in [1.54, 1.807) is 11.0 Å². The van der Waals surface area contributed by atoms with Gasteiger partial charge < -0.3 is 14.8 Å². The van der Waals surface area contributed by atoms with Crippen LogP contribution in [0.3, 0.4) is 0 Å². The Balaban J connectivity index is 1.41. The third-order valence-corrected chi connectivity index (χ3v) is 4.28. The minimum absolute atomic E-state index is 0.0542. The molecule has 3 rings (SSSR count). The van der Waals surface area contributed by atoms with Crippen LogP contribution in [0.2, 0.25) is 0 Å². The van der Waals surface area contributed by atoms with E-state index in [4.69, 9.17) is 9.47 Å². The van der Waals surface area contributed by atoms with Crippen molar-refractivity contribution >= 4 is 11.6 Å². The lowest BCUT2D eigenvalue weighted by atomic mass is 10.1. The normalized spacial score (nSPS) is 16.2. The van der Waals surface area contributed by atoms with Crippen molar-refractivity contribution in [2.24, 2.45) is 5.92 Å². The third kappa shape index (κ3) is 5.53. The first kappa shape index (κ1) is 18.3. The van der Waals surface area contributed by atoms with Gasteiger partial charge in [0.1, 0.15) is 25.0 Å². The lowest BCUT2D eigenvalue weighted by molar-refractivity contribution is -0.119. The van der Waals surface area contributed by atoms with E-state index in [0.717, 1.165) is 44.3 Å². The molecule has 140 valence electrons. The van der Waals surface area contributed by atoms with Crippen LogP contribution in [0.15, 0.2) is 36.9 Å². The Labute approximate surface area is 153 Å². The SMILES string of the molecule is C[C@@H](Cn1cncn1)C(=O)Nc1ccc(OCCN2CCOCC2)cc1. The average Bonchev–Trinajstić information content (AvgIpc) is 3.17. The first-order chi connectivity index (χ1) is 12.7. The summed E-state index contributed by atoms with van der Waals surface area (Å²) in [7, 11) is 0. The van der Waals surface area contributed by atoms with Gasteiger partial charge in [-0.15, -0.1) is 0 Å². The largest absolute Gasteiger partial charge is 0.492 e.